The number of ether oxygens (including phenoxy) is 2. The molecular weight excluding hydrogens is 158 g/mol. The standard InChI is InChI=1S/C8H15NO3/c1-5-7(10)9-6(2)8(11-3)12-4/h5-6,8H,1H2,2-4H3,(H,9,10). The normalized spacial score (nSPS) is 12.7. The third kappa shape index (κ3) is 3.50. The van der Waals surface area contributed by atoms with Crippen molar-refractivity contribution in [3.8, 4) is 0 Å². The van der Waals surface area contributed by atoms with Crippen LogP contribution in [0.4, 0.5) is 0 Å². The second kappa shape index (κ2) is 5.74. The molecule has 0 aromatic heterocycles. The second-order valence-corrected chi connectivity index (χ2v) is 2.34. The molecule has 1 amide bonds. The van der Waals surface area contributed by atoms with Crippen LogP contribution >= 0.6 is 0 Å². The van der Waals surface area contributed by atoms with Gasteiger partial charge in [0.15, 0.2) is 6.29 Å². The van der Waals surface area contributed by atoms with Crippen molar-refractivity contribution < 1.29 is 14.3 Å². The molecule has 0 rings (SSSR count). The number of hydrogen-bond donors (Lipinski definition) is 1. The molecule has 1 atom stereocenters. The summed E-state index contributed by atoms with van der Waals surface area (Å²) in [6.07, 6.45) is 0.785. The second-order valence-electron chi connectivity index (χ2n) is 2.34. The van der Waals surface area contributed by atoms with E-state index >= 15 is 0 Å². The Bertz CT molecular complexity index is 154. The van der Waals surface area contributed by atoms with Crippen LogP contribution in [0.25, 0.3) is 0 Å². The topological polar surface area (TPSA) is 47.6 Å². The first-order chi connectivity index (χ1) is 5.65. The molecular formula is C8H15NO3. The quantitative estimate of drug-likeness (QED) is 0.480. The molecule has 0 aliphatic rings. The molecule has 1 N–H and O–H groups in total. The minimum absolute atomic E-state index is 0.189. The van der Waals surface area contributed by atoms with E-state index in [0.717, 1.165) is 0 Å². The van der Waals surface area contributed by atoms with Gasteiger partial charge in [-0.2, -0.15) is 0 Å². The fourth-order valence-corrected chi connectivity index (χ4v) is 0.856. The maximum Gasteiger partial charge on any atom is 0.243 e. The Balaban J connectivity index is 3.91. The molecule has 0 aliphatic carbocycles. The van der Waals surface area contributed by atoms with Crippen molar-refractivity contribution in [1.29, 1.82) is 0 Å². The monoisotopic (exact) mass is 173 g/mol. The largest absolute Gasteiger partial charge is 0.354 e. The fourth-order valence-electron chi connectivity index (χ4n) is 0.856. The number of rotatable bonds is 5. The highest BCUT2D eigenvalue weighted by molar-refractivity contribution is 5.87. The van der Waals surface area contributed by atoms with Crippen LogP contribution in [0.3, 0.4) is 0 Å². The molecule has 0 aromatic carbocycles. The fraction of sp³-hybridized carbons (Fsp3) is 0.625. The Hall–Kier alpha value is -0.870. The SMILES string of the molecule is C=CC(=O)NC(C)C(OC)OC. The van der Waals surface area contributed by atoms with Gasteiger partial charge in [0.1, 0.15) is 0 Å². The lowest BCUT2D eigenvalue weighted by atomic mass is 10.3. The minimum atomic E-state index is -0.422. The molecule has 0 aliphatic heterocycles. The predicted molar refractivity (Wildman–Crippen MR) is 45.6 cm³/mol. The molecule has 0 bridgehead atoms. The summed E-state index contributed by atoms with van der Waals surface area (Å²) >= 11 is 0. The zero-order chi connectivity index (χ0) is 9.56. The van der Waals surface area contributed by atoms with Crippen molar-refractivity contribution in [2.45, 2.75) is 19.3 Å². The average molecular weight is 173 g/mol. The summed E-state index contributed by atoms with van der Waals surface area (Å²) in [4.78, 5) is 10.8. The van der Waals surface area contributed by atoms with E-state index in [-0.39, 0.29) is 11.9 Å². The van der Waals surface area contributed by atoms with E-state index in [1.807, 2.05) is 0 Å². The van der Waals surface area contributed by atoms with Crippen LogP contribution in [0.5, 0.6) is 0 Å². The lowest BCUT2D eigenvalue weighted by Gasteiger charge is -2.21. The maximum atomic E-state index is 10.8. The highest BCUT2D eigenvalue weighted by Crippen LogP contribution is 1.97. The van der Waals surface area contributed by atoms with Gasteiger partial charge in [0.05, 0.1) is 6.04 Å². The summed E-state index contributed by atoms with van der Waals surface area (Å²) in [6.45, 7) is 5.12. The zero-order valence-electron chi connectivity index (χ0n) is 7.66. The van der Waals surface area contributed by atoms with E-state index in [1.54, 1.807) is 6.92 Å². The van der Waals surface area contributed by atoms with Crippen LogP contribution in [0.2, 0.25) is 0 Å². The number of carbonyl (C=O) groups is 1. The smallest absolute Gasteiger partial charge is 0.243 e. The van der Waals surface area contributed by atoms with Crippen LogP contribution in [-0.4, -0.2) is 32.5 Å². The van der Waals surface area contributed by atoms with Crippen molar-refractivity contribution >= 4 is 5.91 Å². The first-order valence-corrected chi connectivity index (χ1v) is 3.64. The molecule has 1 unspecified atom stereocenters. The van der Waals surface area contributed by atoms with Crippen LogP contribution in [0.1, 0.15) is 6.92 Å². The first kappa shape index (κ1) is 11.1. The highest BCUT2D eigenvalue weighted by atomic mass is 16.7. The highest BCUT2D eigenvalue weighted by Gasteiger charge is 2.16. The molecule has 4 nitrogen and oxygen atoms in total. The Kier molecular flexibility index (Phi) is 5.32. The van der Waals surface area contributed by atoms with Crippen molar-refractivity contribution in [2.75, 3.05) is 14.2 Å². The van der Waals surface area contributed by atoms with Gasteiger partial charge in [0.2, 0.25) is 5.91 Å². The summed E-state index contributed by atoms with van der Waals surface area (Å²) < 4.78 is 9.87. The van der Waals surface area contributed by atoms with Crippen LogP contribution < -0.4 is 5.32 Å². The molecule has 0 aromatic rings. The average Bonchev–Trinajstić information content (AvgIpc) is 2.06. The number of methoxy groups -OCH3 is 2. The summed E-state index contributed by atoms with van der Waals surface area (Å²) in [5, 5.41) is 2.62. The summed E-state index contributed by atoms with van der Waals surface area (Å²) in [6, 6.07) is -0.189. The Morgan fingerprint density at radius 3 is 2.33 bits per heavy atom. The molecule has 70 valence electrons. The van der Waals surface area contributed by atoms with E-state index < -0.39 is 6.29 Å². The third-order valence-corrected chi connectivity index (χ3v) is 1.43. The van der Waals surface area contributed by atoms with E-state index in [4.69, 9.17) is 9.47 Å². The van der Waals surface area contributed by atoms with Gasteiger partial charge in [-0.05, 0) is 13.0 Å². The van der Waals surface area contributed by atoms with E-state index in [9.17, 15) is 4.79 Å². The van der Waals surface area contributed by atoms with Gasteiger partial charge in [-0.15, -0.1) is 0 Å². The van der Waals surface area contributed by atoms with Gasteiger partial charge in [-0.1, -0.05) is 6.58 Å². The van der Waals surface area contributed by atoms with E-state index in [2.05, 4.69) is 11.9 Å². The van der Waals surface area contributed by atoms with Gasteiger partial charge in [-0.25, -0.2) is 0 Å². The lowest BCUT2D eigenvalue weighted by Crippen LogP contribution is -2.42. The lowest BCUT2D eigenvalue weighted by molar-refractivity contribution is -0.132. The maximum absolute atomic E-state index is 10.8. The molecule has 0 saturated carbocycles. The van der Waals surface area contributed by atoms with Crippen LogP contribution in [-0.2, 0) is 14.3 Å². The number of carbonyl (C=O) groups excluding carboxylic acids is 1. The summed E-state index contributed by atoms with van der Waals surface area (Å²) in [7, 11) is 3.04. The molecule has 4 heteroatoms. The first-order valence-electron chi connectivity index (χ1n) is 3.64. The number of hydrogen-bond acceptors (Lipinski definition) is 3. The zero-order valence-corrected chi connectivity index (χ0v) is 7.66. The van der Waals surface area contributed by atoms with E-state index in [0.29, 0.717) is 0 Å². The molecule has 12 heavy (non-hydrogen) atoms. The number of nitrogens with one attached hydrogen (secondary N) is 1. The summed E-state index contributed by atoms with van der Waals surface area (Å²) in [5.74, 6) is -0.235. The van der Waals surface area contributed by atoms with Gasteiger partial charge in [-0.3, -0.25) is 4.79 Å². The third-order valence-electron chi connectivity index (χ3n) is 1.43. The van der Waals surface area contributed by atoms with Crippen molar-refractivity contribution in [2.24, 2.45) is 0 Å². The Labute approximate surface area is 72.5 Å². The van der Waals surface area contributed by atoms with E-state index in [1.165, 1.54) is 20.3 Å². The van der Waals surface area contributed by atoms with Gasteiger partial charge in [0, 0.05) is 14.2 Å². The Morgan fingerprint density at radius 1 is 1.50 bits per heavy atom. The molecule has 0 radical (unpaired) electrons. The van der Waals surface area contributed by atoms with Gasteiger partial charge < -0.3 is 14.8 Å². The van der Waals surface area contributed by atoms with Crippen molar-refractivity contribution in [3.05, 3.63) is 12.7 Å². The van der Waals surface area contributed by atoms with Crippen LogP contribution in [0.15, 0.2) is 12.7 Å². The molecule has 0 spiro atoms. The van der Waals surface area contributed by atoms with Crippen molar-refractivity contribution in [1.82, 2.24) is 5.32 Å². The van der Waals surface area contributed by atoms with Gasteiger partial charge in [0.25, 0.3) is 0 Å². The Morgan fingerprint density at radius 2 is 2.00 bits per heavy atom. The van der Waals surface area contributed by atoms with Crippen molar-refractivity contribution in [3.63, 3.8) is 0 Å². The minimum Gasteiger partial charge on any atom is -0.354 e. The number of amides is 1. The molecule has 0 saturated heterocycles. The van der Waals surface area contributed by atoms with Gasteiger partial charge >= 0.3 is 0 Å². The van der Waals surface area contributed by atoms with Crippen LogP contribution in [0, 0.1) is 0 Å². The molecule has 0 heterocycles. The predicted octanol–water partition coefficient (Wildman–Crippen LogP) is 0.296. The summed E-state index contributed by atoms with van der Waals surface area (Å²) in [5.41, 5.74) is 0. The molecule has 0 fully saturated rings.